The molecule has 0 bridgehead atoms. The maximum Gasteiger partial charge on any atom is 0.251 e. The van der Waals surface area contributed by atoms with Gasteiger partial charge in [0.2, 0.25) is 0 Å². The van der Waals surface area contributed by atoms with Crippen molar-refractivity contribution >= 4 is 17.5 Å². The highest BCUT2D eigenvalue weighted by molar-refractivity contribution is 6.32. The van der Waals surface area contributed by atoms with Crippen molar-refractivity contribution in [2.75, 3.05) is 6.61 Å². The number of nitrogens with two attached hydrogens (primary N) is 1. The van der Waals surface area contributed by atoms with E-state index >= 15 is 0 Å². The average Bonchev–Trinajstić information content (AvgIpc) is 2.91. The zero-order chi connectivity index (χ0) is 15.7. The second kappa shape index (κ2) is 5.85. The minimum Gasteiger partial charge on any atom is -0.488 e. The summed E-state index contributed by atoms with van der Waals surface area (Å²) in [6.45, 7) is 0.226. The first-order valence-electron chi connectivity index (χ1n) is 6.71. The number of para-hydroxylation sites is 1. The summed E-state index contributed by atoms with van der Waals surface area (Å²) < 4.78 is 25.1. The van der Waals surface area contributed by atoms with E-state index in [2.05, 4.69) is 0 Å². The molecule has 1 atom stereocenters. The number of rotatable bonds is 4. The van der Waals surface area contributed by atoms with Crippen molar-refractivity contribution in [1.82, 2.24) is 0 Å². The van der Waals surface area contributed by atoms with Crippen LogP contribution in [0.2, 0.25) is 5.02 Å². The standard InChI is InChI=1S/C16H13ClFNO3/c17-14-13(6-5-11(15(14)18)16(19)20)21-8-10-7-9-3-1-2-4-12(9)22-10/h1-6,10H,7-8H2,(H2,19,20)/t10-/m0/s1. The molecule has 2 aromatic rings. The number of amides is 1. The molecular formula is C16H13ClFNO3. The number of ether oxygens (including phenoxy) is 2. The fourth-order valence-corrected chi connectivity index (χ4v) is 2.58. The smallest absolute Gasteiger partial charge is 0.251 e. The molecule has 0 spiro atoms. The summed E-state index contributed by atoms with van der Waals surface area (Å²) in [7, 11) is 0. The van der Waals surface area contributed by atoms with Gasteiger partial charge in [-0.05, 0) is 23.8 Å². The van der Waals surface area contributed by atoms with Crippen molar-refractivity contribution in [3.8, 4) is 11.5 Å². The van der Waals surface area contributed by atoms with E-state index in [1.54, 1.807) is 0 Å². The van der Waals surface area contributed by atoms with Crippen LogP contribution >= 0.6 is 11.6 Å². The van der Waals surface area contributed by atoms with E-state index in [0.29, 0.717) is 0 Å². The number of hydrogen-bond donors (Lipinski definition) is 1. The van der Waals surface area contributed by atoms with Gasteiger partial charge in [-0.25, -0.2) is 4.39 Å². The van der Waals surface area contributed by atoms with Crippen LogP contribution in [0.25, 0.3) is 0 Å². The quantitative estimate of drug-likeness (QED) is 0.941. The van der Waals surface area contributed by atoms with Crippen molar-refractivity contribution in [2.45, 2.75) is 12.5 Å². The fourth-order valence-electron chi connectivity index (χ4n) is 2.36. The Labute approximate surface area is 131 Å². The molecule has 3 rings (SSSR count). The Morgan fingerprint density at radius 3 is 2.86 bits per heavy atom. The monoisotopic (exact) mass is 321 g/mol. The van der Waals surface area contributed by atoms with Crippen LogP contribution in [0, 0.1) is 5.82 Å². The third kappa shape index (κ3) is 2.72. The molecule has 0 aliphatic carbocycles. The maximum atomic E-state index is 13.9. The van der Waals surface area contributed by atoms with Gasteiger partial charge in [0.05, 0.1) is 5.56 Å². The maximum absolute atomic E-state index is 13.9. The third-order valence-corrected chi connectivity index (χ3v) is 3.80. The van der Waals surface area contributed by atoms with Crippen LogP contribution in [-0.2, 0) is 6.42 Å². The normalized spacial score (nSPS) is 16.0. The van der Waals surface area contributed by atoms with Gasteiger partial charge in [0, 0.05) is 6.42 Å². The Morgan fingerprint density at radius 2 is 2.14 bits per heavy atom. The molecule has 0 unspecified atom stereocenters. The second-order valence-corrected chi connectivity index (χ2v) is 5.34. The van der Waals surface area contributed by atoms with E-state index in [1.165, 1.54) is 12.1 Å². The van der Waals surface area contributed by atoms with Crippen LogP contribution in [0.3, 0.4) is 0 Å². The van der Waals surface area contributed by atoms with Gasteiger partial charge >= 0.3 is 0 Å². The van der Waals surface area contributed by atoms with Crippen molar-refractivity contribution in [1.29, 1.82) is 0 Å². The molecular weight excluding hydrogens is 309 g/mol. The molecule has 0 saturated carbocycles. The minimum atomic E-state index is -0.875. The summed E-state index contributed by atoms with van der Waals surface area (Å²) >= 11 is 5.87. The summed E-state index contributed by atoms with van der Waals surface area (Å²) in [5.74, 6) is -0.760. The molecule has 0 fully saturated rings. The van der Waals surface area contributed by atoms with Crippen molar-refractivity contribution in [2.24, 2.45) is 5.73 Å². The molecule has 114 valence electrons. The van der Waals surface area contributed by atoms with Gasteiger partial charge < -0.3 is 15.2 Å². The van der Waals surface area contributed by atoms with Crippen LogP contribution in [0.4, 0.5) is 4.39 Å². The largest absolute Gasteiger partial charge is 0.488 e. The van der Waals surface area contributed by atoms with Crippen LogP contribution < -0.4 is 15.2 Å². The van der Waals surface area contributed by atoms with Gasteiger partial charge in [-0.1, -0.05) is 29.8 Å². The van der Waals surface area contributed by atoms with Crippen LogP contribution in [0.5, 0.6) is 11.5 Å². The van der Waals surface area contributed by atoms with Gasteiger partial charge in [0.25, 0.3) is 5.91 Å². The molecule has 2 aromatic carbocycles. The van der Waals surface area contributed by atoms with E-state index in [0.717, 1.165) is 17.7 Å². The number of primary amides is 1. The molecule has 1 amide bonds. The number of fused-ring (bicyclic) bond motifs is 1. The minimum absolute atomic E-state index is 0.156. The molecule has 0 saturated heterocycles. The van der Waals surface area contributed by atoms with E-state index < -0.39 is 11.7 Å². The van der Waals surface area contributed by atoms with Crippen LogP contribution in [0.1, 0.15) is 15.9 Å². The van der Waals surface area contributed by atoms with E-state index in [4.69, 9.17) is 26.8 Å². The lowest BCUT2D eigenvalue weighted by Crippen LogP contribution is -2.22. The highest BCUT2D eigenvalue weighted by Gasteiger charge is 2.24. The van der Waals surface area contributed by atoms with Crippen LogP contribution in [0.15, 0.2) is 36.4 Å². The Kier molecular flexibility index (Phi) is 3.90. The first kappa shape index (κ1) is 14.7. The highest BCUT2D eigenvalue weighted by atomic mass is 35.5. The zero-order valence-electron chi connectivity index (χ0n) is 11.5. The fraction of sp³-hybridized carbons (Fsp3) is 0.188. The lowest BCUT2D eigenvalue weighted by atomic mass is 10.1. The van der Waals surface area contributed by atoms with E-state index in [-0.39, 0.29) is 29.0 Å². The molecule has 1 aliphatic heterocycles. The van der Waals surface area contributed by atoms with Crippen LogP contribution in [-0.4, -0.2) is 18.6 Å². The summed E-state index contributed by atoms with van der Waals surface area (Å²) in [5.41, 5.74) is 5.90. The number of carbonyl (C=O) groups is 1. The first-order valence-corrected chi connectivity index (χ1v) is 7.09. The Balaban J connectivity index is 1.68. The summed E-state index contributed by atoms with van der Waals surface area (Å²) in [6, 6.07) is 10.4. The summed E-state index contributed by atoms with van der Waals surface area (Å²) in [6.07, 6.45) is 0.558. The molecule has 22 heavy (non-hydrogen) atoms. The first-order chi connectivity index (χ1) is 10.6. The third-order valence-electron chi connectivity index (χ3n) is 3.45. The van der Waals surface area contributed by atoms with Crippen molar-refractivity contribution in [3.05, 3.63) is 58.4 Å². The molecule has 0 aromatic heterocycles. The summed E-state index contributed by atoms with van der Waals surface area (Å²) in [4.78, 5) is 11.0. The second-order valence-electron chi connectivity index (χ2n) is 4.97. The molecule has 1 heterocycles. The molecule has 2 N–H and O–H groups in total. The number of carbonyl (C=O) groups excluding carboxylic acids is 1. The van der Waals surface area contributed by atoms with Gasteiger partial charge in [0.15, 0.2) is 5.82 Å². The van der Waals surface area contributed by atoms with Gasteiger partial charge in [-0.15, -0.1) is 0 Å². The SMILES string of the molecule is NC(=O)c1ccc(OC[C@@H]2Cc3ccccc3O2)c(Cl)c1F. The Morgan fingerprint density at radius 1 is 1.36 bits per heavy atom. The predicted octanol–water partition coefficient (Wildman–Crippen LogP) is 2.96. The predicted molar refractivity (Wildman–Crippen MR) is 80.0 cm³/mol. The van der Waals surface area contributed by atoms with Crippen molar-refractivity contribution < 1.29 is 18.7 Å². The Bertz CT molecular complexity index is 710. The average molecular weight is 322 g/mol. The number of hydrogen-bond acceptors (Lipinski definition) is 3. The highest BCUT2D eigenvalue weighted by Crippen LogP contribution is 2.32. The Hall–Kier alpha value is -2.27. The van der Waals surface area contributed by atoms with Gasteiger partial charge in [-0.2, -0.15) is 0 Å². The number of halogens is 2. The molecule has 0 radical (unpaired) electrons. The molecule has 6 heteroatoms. The molecule has 1 aliphatic rings. The van der Waals surface area contributed by atoms with E-state index in [9.17, 15) is 9.18 Å². The lowest BCUT2D eigenvalue weighted by Gasteiger charge is -2.14. The topological polar surface area (TPSA) is 61.6 Å². The van der Waals surface area contributed by atoms with Crippen molar-refractivity contribution in [3.63, 3.8) is 0 Å². The zero-order valence-corrected chi connectivity index (χ0v) is 12.3. The van der Waals surface area contributed by atoms with Gasteiger partial charge in [-0.3, -0.25) is 4.79 Å². The van der Waals surface area contributed by atoms with E-state index in [1.807, 2.05) is 24.3 Å². The number of benzene rings is 2. The summed E-state index contributed by atoms with van der Waals surface area (Å²) in [5, 5.41) is -0.258. The lowest BCUT2D eigenvalue weighted by molar-refractivity contribution is 0.0996. The molecule has 4 nitrogen and oxygen atoms in total. The van der Waals surface area contributed by atoms with Gasteiger partial charge in [0.1, 0.15) is 29.2 Å².